The van der Waals surface area contributed by atoms with Crippen LogP contribution in [0.4, 0.5) is 5.13 Å². The summed E-state index contributed by atoms with van der Waals surface area (Å²) in [7, 11) is 0. The number of nitrogens with one attached hydrogen (secondary N) is 1. The van der Waals surface area contributed by atoms with Gasteiger partial charge < -0.3 is 0 Å². The first-order valence-corrected chi connectivity index (χ1v) is 10.0. The van der Waals surface area contributed by atoms with Gasteiger partial charge in [0.05, 0.1) is 5.75 Å². The van der Waals surface area contributed by atoms with Crippen LogP contribution in [-0.4, -0.2) is 21.9 Å². The van der Waals surface area contributed by atoms with Crippen LogP contribution in [-0.2, 0) is 17.0 Å². The second-order valence-electron chi connectivity index (χ2n) is 5.33. The maximum atomic E-state index is 12.0. The number of benzene rings is 2. The molecule has 0 saturated carbocycles. The Balaban J connectivity index is 1.45. The van der Waals surface area contributed by atoms with E-state index in [4.69, 9.17) is 11.6 Å². The number of hydrogen-bond acceptors (Lipinski definition) is 5. The Bertz CT molecular complexity index is 822. The molecule has 1 heterocycles. The van der Waals surface area contributed by atoms with Crippen molar-refractivity contribution in [1.82, 2.24) is 10.2 Å². The van der Waals surface area contributed by atoms with Crippen molar-refractivity contribution in [3.05, 3.63) is 75.8 Å². The van der Waals surface area contributed by atoms with Crippen LogP contribution in [0.5, 0.6) is 0 Å². The van der Waals surface area contributed by atoms with E-state index in [2.05, 4.69) is 27.6 Å². The molecule has 7 heteroatoms. The summed E-state index contributed by atoms with van der Waals surface area (Å²) in [5.41, 5.74) is 2.32. The number of anilines is 1. The second kappa shape index (κ2) is 8.99. The number of carbonyl (C=O) groups excluding carboxylic acids is 1. The predicted molar refractivity (Wildman–Crippen MR) is 105 cm³/mol. The molecule has 0 saturated heterocycles. The molecular weight excluding hydrogens is 374 g/mol. The SMILES string of the molecule is O=C(CSCc1ccccc1)Nc1nnc(Cc2ccc(Cl)cc2)s1. The molecule has 128 valence electrons. The van der Waals surface area contributed by atoms with Gasteiger partial charge >= 0.3 is 0 Å². The van der Waals surface area contributed by atoms with Gasteiger partial charge in [0.25, 0.3) is 0 Å². The van der Waals surface area contributed by atoms with Crippen LogP contribution in [0.2, 0.25) is 5.02 Å². The van der Waals surface area contributed by atoms with Gasteiger partial charge in [0, 0.05) is 17.2 Å². The summed E-state index contributed by atoms with van der Waals surface area (Å²) < 4.78 is 0. The largest absolute Gasteiger partial charge is 0.300 e. The van der Waals surface area contributed by atoms with Crippen molar-refractivity contribution in [3.63, 3.8) is 0 Å². The lowest BCUT2D eigenvalue weighted by molar-refractivity contribution is -0.113. The van der Waals surface area contributed by atoms with Crippen molar-refractivity contribution in [1.29, 1.82) is 0 Å². The third-order valence-corrected chi connectivity index (χ3v) is 5.42. The van der Waals surface area contributed by atoms with Gasteiger partial charge in [-0.15, -0.1) is 22.0 Å². The maximum Gasteiger partial charge on any atom is 0.236 e. The fourth-order valence-corrected chi connectivity index (χ4v) is 3.85. The van der Waals surface area contributed by atoms with E-state index < -0.39 is 0 Å². The zero-order valence-corrected chi connectivity index (χ0v) is 15.7. The first-order chi connectivity index (χ1) is 12.2. The van der Waals surface area contributed by atoms with E-state index in [0.717, 1.165) is 16.3 Å². The molecule has 0 aliphatic rings. The minimum Gasteiger partial charge on any atom is -0.300 e. The number of aromatic nitrogens is 2. The van der Waals surface area contributed by atoms with E-state index in [-0.39, 0.29) is 5.91 Å². The monoisotopic (exact) mass is 389 g/mol. The highest BCUT2D eigenvalue weighted by molar-refractivity contribution is 7.99. The molecule has 2 aromatic carbocycles. The highest BCUT2D eigenvalue weighted by atomic mass is 35.5. The Morgan fingerprint density at radius 3 is 2.56 bits per heavy atom. The number of amides is 1. The van der Waals surface area contributed by atoms with Crippen LogP contribution in [0.25, 0.3) is 0 Å². The average Bonchev–Trinajstić information content (AvgIpc) is 3.05. The summed E-state index contributed by atoms with van der Waals surface area (Å²) in [5.74, 6) is 1.14. The zero-order chi connectivity index (χ0) is 17.5. The van der Waals surface area contributed by atoms with E-state index in [0.29, 0.717) is 22.3 Å². The van der Waals surface area contributed by atoms with E-state index >= 15 is 0 Å². The summed E-state index contributed by atoms with van der Waals surface area (Å²) in [4.78, 5) is 12.0. The van der Waals surface area contributed by atoms with Crippen molar-refractivity contribution >= 4 is 45.7 Å². The van der Waals surface area contributed by atoms with Crippen molar-refractivity contribution in [2.75, 3.05) is 11.1 Å². The van der Waals surface area contributed by atoms with Crippen LogP contribution in [0.1, 0.15) is 16.1 Å². The standard InChI is InChI=1S/C18H16ClN3OS2/c19-15-8-6-13(7-9-15)10-17-21-22-18(25-17)20-16(23)12-24-11-14-4-2-1-3-5-14/h1-9H,10-12H2,(H,20,22,23). The first-order valence-electron chi connectivity index (χ1n) is 7.67. The molecule has 1 amide bonds. The summed E-state index contributed by atoms with van der Waals surface area (Å²) in [6.45, 7) is 0. The first kappa shape index (κ1) is 17.9. The molecule has 0 atom stereocenters. The van der Waals surface area contributed by atoms with E-state index in [9.17, 15) is 4.79 Å². The molecule has 0 radical (unpaired) electrons. The maximum absolute atomic E-state index is 12.0. The molecule has 0 fully saturated rings. The summed E-state index contributed by atoms with van der Waals surface area (Å²) in [5, 5.41) is 13.1. The number of halogens is 1. The van der Waals surface area contributed by atoms with Gasteiger partial charge in [0.1, 0.15) is 5.01 Å². The van der Waals surface area contributed by atoms with Gasteiger partial charge in [-0.05, 0) is 23.3 Å². The fourth-order valence-electron chi connectivity index (χ4n) is 2.14. The normalized spacial score (nSPS) is 10.6. The van der Waals surface area contributed by atoms with Gasteiger partial charge in [-0.3, -0.25) is 10.1 Å². The molecule has 0 bridgehead atoms. The molecular formula is C18H16ClN3OS2. The lowest BCUT2D eigenvalue weighted by Gasteiger charge is -2.02. The van der Waals surface area contributed by atoms with Crippen LogP contribution in [0.3, 0.4) is 0 Å². The smallest absolute Gasteiger partial charge is 0.236 e. The van der Waals surface area contributed by atoms with Crippen LogP contribution >= 0.6 is 34.7 Å². The average molecular weight is 390 g/mol. The van der Waals surface area contributed by atoms with Gasteiger partial charge in [0.15, 0.2) is 0 Å². The van der Waals surface area contributed by atoms with Crippen molar-refractivity contribution in [2.45, 2.75) is 12.2 Å². The molecule has 0 aliphatic heterocycles. The van der Waals surface area contributed by atoms with E-state index in [1.54, 1.807) is 11.8 Å². The minimum atomic E-state index is -0.0601. The van der Waals surface area contributed by atoms with Crippen molar-refractivity contribution < 1.29 is 4.79 Å². The molecule has 1 aromatic heterocycles. The van der Waals surface area contributed by atoms with Gasteiger partial charge in [-0.1, -0.05) is 65.4 Å². The Hall–Kier alpha value is -1.89. The Morgan fingerprint density at radius 2 is 1.80 bits per heavy atom. The quantitative estimate of drug-likeness (QED) is 0.638. The number of hydrogen-bond donors (Lipinski definition) is 1. The number of nitrogens with zero attached hydrogens (tertiary/aromatic N) is 2. The molecule has 1 N–H and O–H groups in total. The Morgan fingerprint density at radius 1 is 1.04 bits per heavy atom. The number of carbonyl (C=O) groups is 1. The lowest BCUT2D eigenvalue weighted by atomic mass is 10.2. The van der Waals surface area contributed by atoms with Crippen LogP contribution in [0, 0.1) is 0 Å². The van der Waals surface area contributed by atoms with E-state index in [1.807, 2.05) is 42.5 Å². The lowest BCUT2D eigenvalue weighted by Crippen LogP contribution is -2.13. The van der Waals surface area contributed by atoms with Crippen molar-refractivity contribution in [2.24, 2.45) is 0 Å². The topological polar surface area (TPSA) is 54.9 Å². The van der Waals surface area contributed by atoms with Crippen LogP contribution in [0.15, 0.2) is 54.6 Å². The summed E-state index contributed by atoms with van der Waals surface area (Å²) in [6, 6.07) is 17.7. The highest BCUT2D eigenvalue weighted by Crippen LogP contribution is 2.20. The van der Waals surface area contributed by atoms with Gasteiger partial charge in [-0.2, -0.15) is 0 Å². The molecule has 0 aliphatic carbocycles. The van der Waals surface area contributed by atoms with Crippen molar-refractivity contribution in [3.8, 4) is 0 Å². The second-order valence-corrected chi connectivity index (χ2v) is 7.81. The third kappa shape index (κ3) is 5.85. The number of rotatable bonds is 7. The molecule has 0 spiro atoms. The van der Waals surface area contributed by atoms with Gasteiger partial charge in [0.2, 0.25) is 11.0 Å². The molecule has 3 rings (SSSR count). The zero-order valence-electron chi connectivity index (χ0n) is 13.3. The molecule has 0 unspecified atom stereocenters. The van der Waals surface area contributed by atoms with Crippen LogP contribution < -0.4 is 5.32 Å². The highest BCUT2D eigenvalue weighted by Gasteiger charge is 2.09. The third-order valence-electron chi connectivity index (χ3n) is 3.33. The molecule has 4 nitrogen and oxygen atoms in total. The molecule has 25 heavy (non-hydrogen) atoms. The summed E-state index contributed by atoms with van der Waals surface area (Å²) >= 11 is 8.85. The number of thioether (sulfide) groups is 1. The summed E-state index contributed by atoms with van der Waals surface area (Å²) in [6.07, 6.45) is 0.674. The minimum absolute atomic E-state index is 0.0601. The Kier molecular flexibility index (Phi) is 6.44. The Labute approximate surface area is 159 Å². The van der Waals surface area contributed by atoms with Gasteiger partial charge in [-0.25, -0.2) is 0 Å². The fraction of sp³-hybridized carbons (Fsp3) is 0.167. The predicted octanol–water partition coefficient (Wildman–Crippen LogP) is 4.65. The molecule has 3 aromatic rings. The van der Waals surface area contributed by atoms with E-state index in [1.165, 1.54) is 16.9 Å².